The number of aromatic nitrogens is 2. The molecule has 4 heterocycles. The summed E-state index contributed by atoms with van der Waals surface area (Å²) in [7, 11) is 0. The van der Waals surface area contributed by atoms with Gasteiger partial charge in [0.05, 0.1) is 22.1 Å². The van der Waals surface area contributed by atoms with Crippen LogP contribution in [-0.4, -0.2) is 9.13 Å². The second kappa shape index (κ2) is 8.87. The number of benzene rings is 7. The first-order chi connectivity index (χ1) is 22.8. The first-order valence-corrected chi connectivity index (χ1v) is 16.4. The normalized spacial score (nSPS) is 12.3. The SMILES string of the molecule is c1ccc(-n2c3ccccc3c3c4sc5c(ccc6c5c5ccccc5n6-c5ccc6oc7ccccc7c6c5)c4ccc32)cc1. The van der Waals surface area contributed by atoms with Crippen LogP contribution >= 0.6 is 11.3 Å². The molecule has 0 atom stereocenters. The Morgan fingerprint density at radius 2 is 0.913 bits per heavy atom. The largest absolute Gasteiger partial charge is 0.456 e. The van der Waals surface area contributed by atoms with E-state index in [-0.39, 0.29) is 0 Å². The van der Waals surface area contributed by atoms with Gasteiger partial charge in [-0.25, -0.2) is 0 Å². The van der Waals surface area contributed by atoms with Gasteiger partial charge in [0.2, 0.25) is 0 Å². The lowest BCUT2D eigenvalue weighted by Crippen LogP contribution is -1.93. The molecule has 11 rings (SSSR count). The molecule has 0 aliphatic carbocycles. The molecule has 0 fully saturated rings. The maximum absolute atomic E-state index is 6.18. The van der Waals surface area contributed by atoms with Crippen LogP contribution in [-0.2, 0) is 0 Å². The summed E-state index contributed by atoms with van der Waals surface area (Å²) >= 11 is 1.93. The van der Waals surface area contributed by atoms with Crippen molar-refractivity contribution in [1.82, 2.24) is 9.13 Å². The summed E-state index contributed by atoms with van der Waals surface area (Å²) in [6.45, 7) is 0. The number of rotatable bonds is 2. The zero-order valence-electron chi connectivity index (χ0n) is 24.6. The minimum Gasteiger partial charge on any atom is -0.456 e. The lowest BCUT2D eigenvalue weighted by atomic mass is 10.1. The van der Waals surface area contributed by atoms with E-state index in [9.17, 15) is 0 Å². The summed E-state index contributed by atoms with van der Waals surface area (Å²) in [4.78, 5) is 0. The Labute approximate surface area is 266 Å². The van der Waals surface area contributed by atoms with Crippen LogP contribution < -0.4 is 0 Å². The summed E-state index contributed by atoms with van der Waals surface area (Å²) in [6.07, 6.45) is 0. The van der Waals surface area contributed by atoms with Gasteiger partial charge in [-0.2, -0.15) is 0 Å². The van der Waals surface area contributed by atoms with E-state index < -0.39 is 0 Å². The van der Waals surface area contributed by atoms with E-state index >= 15 is 0 Å². The first kappa shape index (κ1) is 24.5. The van der Waals surface area contributed by atoms with Crippen LogP contribution in [0.3, 0.4) is 0 Å². The molecule has 11 aromatic rings. The van der Waals surface area contributed by atoms with Crippen molar-refractivity contribution < 1.29 is 4.42 Å². The molecule has 214 valence electrons. The highest BCUT2D eigenvalue weighted by molar-refractivity contribution is 7.27. The van der Waals surface area contributed by atoms with Crippen LogP contribution in [0.25, 0.3) is 97.1 Å². The predicted molar refractivity (Wildman–Crippen MR) is 195 cm³/mol. The monoisotopic (exact) mass is 604 g/mol. The zero-order valence-corrected chi connectivity index (χ0v) is 25.4. The van der Waals surface area contributed by atoms with Crippen molar-refractivity contribution in [1.29, 1.82) is 0 Å². The Morgan fingerprint density at radius 3 is 1.59 bits per heavy atom. The Hall–Kier alpha value is -5.84. The van der Waals surface area contributed by atoms with Gasteiger partial charge in [0, 0.05) is 63.9 Å². The summed E-state index contributed by atoms with van der Waals surface area (Å²) in [5.74, 6) is 0. The Balaban J connectivity index is 1.26. The van der Waals surface area contributed by atoms with E-state index in [2.05, 4.69) is 143 Å². The van der Waals surface area contributed by atoms with Gasteiger partial charge in [-0.05, 0) is 60.7 Å². The van der Waals surface area contributed by atoms with Crippen LogP contribution in [0, 0.1) is 0 Å². The second-order valence-corrected chi connectivity index (χ2v) is 13.1. The molecule has 0 bridgehead atoms. The Bertz CT molecular complexity index is 3030. The van der Waals surface area contributed by atoms with Crippen LogP contribution in [0.1, 0.15) is 0 Å². The third-order valence-electron chi connectivity index (χ3n) is 9.71. The molecule has 3 nitrogen and oxygen atoms in total. The fourth-order valence-corrected chi connectivity index (χ4v) is 9.20. The second-order valence-electron chi connectivity index (χ2n) is 12.1. The molecule has 0 amide bonds. The lowest BCUT2D eigenvalue weighted by Gasteiger charge is -2.08. The average molecular weight is 605 g/mol. The fraction of sp³-hybridized carbons (Fsp3) is 0. The maximum Gasteiger partial charge on any atom is 0.135 e. The van der Waals surface area contributed by atoms with Crippen LogP contribution in [0.4, 0.5) is 0 Å². The molecule has 0 N–H and O–H groups in total. The number of fused-ring (bicyclic) bond motifs is 14. The van der Waals surface area contributed by atoms with E-state index in [4.69, 9.17) is 4.42 Å². The molecular formula is C42H24N2OS. The van der Waals surface area contributed by atoms with Crippen molar-refractivity contribution in [3.05, 3.63) is 146 Å². The highest BCUT2D eigenvalue weighted by atomic mass is 32.1. The molecule has 4 aromatic heterocycles. The van der Waals surface area contributed by atoms with Crippen LogP contribution in [0.5, 0.6) is 0 Å². The lowest BCUT2D eigenvalue weighted by molar-refractivity contribution is 0.669. The van der Waals surface area contributed by atoms with Gasteiger partial charge >= 0.3 is 0 Å². The van der Waals surface area contributed by atoms with Crippen molar-refractivity contribution in [2.24, 2.45) is 0 Å². The third-order valence-corrected chi connectivity index (χ3v) is 11.0. The van der Waals surface area contributed by atoms with Crippen molar-refractivity contribution in [2.75, 3.05) is 0 Å². The number of furan rings is 1. The molecule has 4 heteroatoms. The number of para-hydroxylation sites is 4. The van der Waals surface area contributed by atoms with Crippen molar-refractivity contribution in [3.8, 4) is 11.4 Å². The van der Waals surface area contributed by atoms with E-state index in [0.717, 1.165) is 27.6 Å². The Morgan fingerprint density at radius 1 is 0.370 bits per heavy atom. The Kier molecular flexibility index (Phi) is 4.72. The highest BCUT2D eigenvalue weighted by Crippen LogP contribution is 2.47. The van der Waals surface area contributed by atoms with Crippen LogP contribution in [0.15, 0.2) is 150 Å². The van der Waals surface area contributed by atoms with Gasteiger partial charge in [0.1, 0.15) is 11.2 Å². The van der Waals surface area contributed by atoms with Crippen LogP contribution in [0.2, 0.25) is 0 Å². The molecule has 0 saturated carbocycles. The first-order valence-electron chi connectivity index (χ1n) is 15.6. The van der Waals surface area contributed by atoms with Gasteiger partial charge in [-0.15, -0.1) is 11.3 Å². The average Bonchev–Trinajstić information content (AvgIpc) is 3.85. The van der Waals surface area contributed by atoms with Crippen molar-refractivity contribution in [3.63, 3.8) is 0 Å². The summed E-state index contributed by atoms with van der Waals surface area (Å²) in [5, 5.41) is 10.1. The molecule has 0 spiro atoms. The summed E-state index contributed by atoms with van der Waals surface area (Å²) < 4.78 is 13.7. The number of hydrogen-bond donors (Lipinski definition) is 0. The van der Waals surface area contributed by atoms with Crippen molar-refractivity contribution >= 4 is 97.1 Å². The minimum atomic E-state index is 0.913. The van der Waals surface area contributed by atoms with Crippen molar-refractivity contribution in [2.45, 2.75) is 0 Å². The smallest absolute Gasteiger partial charge is 0.135 e. The number of thiophene rings is 1. The zero-order chi connectivity index (χ0) is 29.9. The molecule has 7 aromatic carbocycles. The van der Waals surface area contributed by atoms with Gasteiger partial charge in [-0.1, -0.05) is 84.9 Å². The number of nitrogens with zero attached hydrogens (tertiary/aromatic N) is 2. The summed E-state index contributed by atoms with van der Waals surface area (Å²) in [5.41, 5.74) is 9.06. The minimum absolute atomic E-state index is 0.913. The molecular weight excluding hydrogens is 581 g/mol. The predicted octanol–water partition coefficient (Wildman–Crippen LogP) is 12.1. The topological polar surface area (TPSA) is 23.0 Å². The van der Waals surface area contributed by atoms with E-state index in [1.165, 1.54) is 69.5 Å². The van der Waals surface area contributed by atoms with E-state index in [1.807, 2.05) is 23.5 Å². The van der Waals surface area contributed by atoms with Gasteiger partial charge in [0.25, 0.3) is 0 Å². The molecule has 0 unspecified atom stereocenters. The molecule has 46 heavy (non-hydrogen) atoms. The quantitative estimate of drug-likeness (QED) is 0.192. The third kappa shape index (κ3) is 3.11. The van der Waals surface area contributed by atoms with Gasteiger partial charge in [-0.3, -0.25) is 0 Å². The van der Waals surface area contributed by atoms with E-state index in [1.54, 1.807) is 0 Å². The van der Waals surface area contributed by atoms with Gasteiger partial charge in [0.15, 0.2) is 0 Å². The highest BCUT2D eigenvalue weighted by Gasteiger charge is 2.21. The molecule has 0 radical (unpaired) electrons. The van der Waals surface area contributed by atoms with Gasteiger partial charge < -0.3 is 13.6 Å². The molecule has 0 aliphatic rings. The molecule has 0 aliphatic heterocycles. The standard InChI is InChI=1S/C42H24N2OS/c1-2-10-25(11-3-1)43-33-15-7-4-13-30(33)39-35(43)21-19-28-29-20-22-36-40(42(29)46-41(28)39)31-14-5-8-16-34(31)44(36)26-18-23-38-32(24-26)27-12-6-9-17-37(27)45-38/h1-24H. The summed E-state index contributed by atoms with van der Waals surface area (Å²) in [6, 6.07) is 52.6. The number of hydrogen-bond acceptors (Lipinski definition) is 2. The molecule has 0 saturated heterocycles. The maximum atomic E-state index is 6.18. The fourth-order valence-electron chi connectivity index (χ4n) is 7.78. The van der Waals surface area contributed by atoms with E-state index in [0.29, 0.717) is 0 Å².